The lowest BCUT2D eigenvalue weighted by molar-refractivity contribution is -0.123. The fourth-order valence-corrected chi connectivity index (χ4v) is 3.15. The van der Waals surface area contributed by atoms with Crippen molar-refractivity contribution in [2.45, 2.75) is 13.3 Å². The highest BCUT2D eigenvalue weighted by atomic mass is 32.1. The highest BCUT2D eigenvalue weighted by Gasteiger charge is 2.36. The number of ether oxygens (including phenoxy) is 1. The fraction of sp³-hybridized carbons (Fsp3) is 0.417. The van der Waals surface area contributed by atoms with Gasteiger partial charge in [-0.25, -0.2) is 4.79 Å². The van der Waals surface area contributed by atoms with Crippen molar-refractivity contribution < 1.29 is 19.1 Å². The Bertz CT molecular complexity index is 552. The summed E-state index contributed by atoms with van der Waals surface area (Å²) in [4.78, 5) is 36.3. The maximum Gasteiger partial charge on any atom is 0.341 e. The molecule has 0 aromatic carbocycles. The van der Waals surface area contributed by atoms with Crippen LogP contribution in [0.5, 0.6) is 0 Å². The van der Waals surface area contributed by atoms with Crippen molar-refractivity contribution in [1.82, 2.24) is 0 Å². The summed E-state index contributed by atoms with van der Waals surface area (Å²) in [5.41, 5.74) is 6.36. The van der Waals surface area contributed by atoms with Gasteiger partial charge in [-0.15, -0.1) is 11.3 Å². The van der Waals surface area contributed by atoms with Crippen LogP contribution in [0.1, 0.15) is 22.3 Å². The number of primary amides is 1. The first-order chi connectivity index (χ1) is 8.95. The van der Waals surface area contributed by atoms with Gasteiger partial charge in [0.1, 0.15) is 5.00 Å². The zero-order valence-electron chi connectivity index (χ0n) is 10.6. The number of rotatable bonds is 3. The molecule has 1 saturated heterocycles. The van der Waals surface area contributed by atoms with Gasteiger partial charge in [-0.1, -0.05) is 0 Å². The molecule has 2 rings (SSSR count). The number of esters is 1. The van der Waals surface area contributed by atoms with E-state index >= 15 is 0 Å². The smallest absolute Gasteiger partial charge is 0.341 e. The second kappa shape index (κ2) is 5.00. The molecule has 2 amide bonds. The van der Waals surface area contributed by atoms with Crippen molar-refractivity contribution in [3.05, 3.63) is 16.5 Å². The molecule has 1 aromatic heterocycles. The van der Waals surface area contributed by atoms with Crippen LogP contribution in [0.3, 0.4) is 0 Å². The maximum atomic E-state index is 11.9. The lowest BCUT2D eigenvalue weighted by Crippen LogP contribution is -2.29. The molecule has 0 radical (unpaired) electrons. The summed E-state index contributed by atoms with van der Waals surface area (Å²) in [6.07, 6.45) is 0.0902. The minimum atomic E-state index is -0.500. The van der Waals surface area contributed by atoms with E-state index in [9.17, 15) is 14.4 Å². The molecule has 1 fully saturated rings. The zero-order valence-corrected chi connectivity index (χ0v) is 11.5. The second-order valence-electron chi connectivity index (χ2n) is 4.40. The van der Waals surface area contributed by atoms with Gasteiger partial charge >= 0.3 is 5.97 Å². The number of carbonyl (C=O) groups is 3. The first kappa shape index (κ1) is 13.5. The van der Waals surface area contributed by atoms with Gasteiger partial charge in [0.05, 0.1) is 18.6 Å². The van der Waals surface area contributed by atoms with Crippen LogP contribution >= 0.6 is 11.3 Å². The van der Waals surface area contributed by atoms with Gasteiger partial charge in [0, 0.05) is 13.0 Å². The number of anilines is 1. The van der Waals surface area contributed by atoms with Crippen LogP contribution < -0.4 is 10.6 Å². The van der Waals surface area contributed by atoms with Gasteiger partial charge in [0.15, 0.2) is 0 Å². The minimum Gasteiger partial charge on any atom is -0.465 e. The average Bonchev–Trinajstić information content (AvgIpc) is 2.91. The SMILES string of the molecule is COC(=O)c1c(C)csc1N1CC(C(N)=O)CC1=O. The molecule has 1 aliphatic rings. The van der Waals surface area contributed by atoms with E-state index in [4.69, 9.17) is 10.5 Å². The fourth-order valence-electron chi connectivity index (χ4n) is 2.07. The molecular weight excluding hydrogens is 268 g/mol. The third kappa shape index (κ3) is 2.33. The van der Waals surface area contributed by atoms with Crippen LogP contribution in [0, 0.1) is 12.8 Å². The molecule has 6 nitrogen and oxygen atoms in total. The topological polar surface area (TPSA) is 89.7 Å². The predicted octanol–water partition coefficient (Wildman–Crippen LogP) is 0.681. The van der Waals surface area contributed by atoms with Crippen molar-refractivity contribution >= 4 is 34.1 Å². The molecule has 2 heterocycles. The molecule has 1 unspecified atom stereocenters. The molecule has 0 bridgehead atoms. The summed E-state index contributed by atoms with van der Waals surface area (Å²) in [5, 5.41) is 2.31. The third-order valence-electron chi connectivity index (χ3n) is 3.12. The molecule has 7 heteroatoms. The molecule has 1 atom stereocenters. The van der Waals surface area contributed by atoms with Gasteiger partial charge < -0.3 is 15.4 Å². The summed E-state index contributed by atoms with van der Waals surface area (Å²) in [6.45, 7) is 2.00. The summed E-state index contributed by atoms with van der Waals surface area (Å²) < 4.78 is 4.72. The number of carbonyl (C=O) groups excluding carboxylic acids is 3. The maximum absolute atomic E-state index is 11.9. The quantitative estimate of drug-likeness (QED) is 0.826. The molecule has 1 aromatic rings. The van der Waals surface area contributed by atoms with Crippen LogP contribution in [0.4, 0.5) is 5.00 Å². The number of thiophene rings is 1. The Kier molecular flexibility index (Phi) is 3.57. The highest BCUT2D eigenvalue weighted by molar-refractivity contribution is 7.15. The highest BCUT2D eigenvalue weighted by Crippen LogP contribution is 2.35. The lowest BCUT2D eigenvalue weighted by Gasteiger charge is -2.15. The molecule has 2 N–H and O–H groups in total. The lowest BCUT2D eigenvalue weighted by atomic mass is 10.1. The third-order valence-corrected chi connectivity index (χ3v) is 4.24. The number of hydrogen-bond donors (Lipinski definition) is 1. The Balaban J connectivity index is 2.35. The molecule has 0 spiro atoms. The number of nitrogens with two attached hydrogens (primary N) is 1. The van der Waals surface area contributed by atoms with Crippen molar-refractivity contribution in [3.63, 3.8) is 0 Å². The zero-order chi connectivity index (χ0) is 14.2. The van der Waals surface area contributed by atoms with Gasteiger partial charge in [0.25, 0.3) is 0 Å². The standard InChI is InChI=1S/C12H14N2O4S/c1-6-5-19-11(9(6)12(17)18-2)14-4-7(10(13)16)3-8(14)15/h5,7H,3-4H2,1-2H3,(H2,13,16). The molecule has 0 aliphatic carbocycles. The van der Waals surface area contributed by atoms with Crippen molar-refractivity contribution in [2.75, 3.05) is 18.6 Å². The molecule has 0 saturated carbocycles. The Morgan fingerprint density at radius 2 is 2.21 bits per heavy atom. The number of hydrogen-bond acceptors (Lipinski definition) is 5. The van der Waals surface area contributed by atoms with Crippen molar-refractivity contribution in [3.8, 4) is 0 Å². The van der Waals surface area contributed by atoms with Crippen LogP contribution in [-0.2, 0) is 14.3 Å². The van der Waals surface area contributed by atoms with Gasteiger partial charge in [0.2, 0.25) is 11.8 Å². The average molecular weight is 282 g/mol. The van der Waals surface area contributed by atoms with E-state index in [0.29, 0.717) is 10.6 Å². The first-order valence-electron chi connectivity index (χ1n) is 5.71. The minimum absolute atomic E-state index is 0.0902. The summed E-state index contributed by atoms with van der Waals surface area (Å²) in [6, 6.07) is 0. The van der Waals surface area contributed by atoms with Crippen LogP contribution in [0.25, 0.3) is 0 Å². The van der Waals surface area contributed by atoms with Crippen molar-refractivity contribution in [1.29, 1.82) is 0 Å². The van der Waals surface area contributed by atoms with Gasteiger partial charge in [-0.05, 0) is 17.9 Å². The second-order valence-corrected chi connectivity index (χ2v) is 5.26. The van der Waals surface area contributed by atoms with E-state index in [-0.39, 0.29) is 18.9 Å². The summed E-state index contributed by atoms with van der Waals surface area (Å²) in [7, 11) is 1.29. The number of aryl methyl sites for hydroxylation is 1. The summed E-state index contributed by atoms with van der Waals surface area (Å²) >= 11 is 1.29. The van der Waals surface area contributed by atoms with Crippen LogP contribution in [0.15, 0.2) is 5.38 Å². The van der Waals surface area contributed by atoms with Crippen LogP contribution in [-0.4, -0.2) is 31.4 Å². The first-order valence-corrected chi connectivity index (χ1v) is 6.59. The Labute approximate surface area is 114 Å². The van der Waals surface area contributed by atoms with Crippen LogP contribution in [0.2, 0.25) is 0 Å². The number of nitrogens with zero attached hydrogens (tertiary/aromatic N) is 1. The summed E-state index contributed by atoms with van der Waals surface area (Å²) in [5.74, 6) is -1.68. The monoisotopic (exact) mass is 282 g/mol. The molecule has 1 aliphatic heterocycles. The van der Waals surface area contributed by atoms with Gasteiger partial charge in [-0.2, -0.15) is 0 Å². The Hall–Kier alpha value is -1.89. The largest absolute Gasteiger partial charge is 0.465 e. The normalized spacial score (nSPS) is 18.7. The molecule has 102 valence electrons. The Morgan fingerprint density at radius 1 is 1.53 bits per heavy atom. The van der Waals surface area contributed by atoms with E-state index < -0.39 is 17.8 Å². The molecular formula is C12H14N2O4S. The van der Waals surface area contributed by atoms with Crippen molar-refractivity contribution in [2.24, 2.45) is 11.7 Å². The van der Waals surface area contributed by atoms with E-state index in [1.165, 1.54) is 23.3 Å². The van der Waals surface area contributed by atoms with E-state index in [2.05, 4.69) is 0 Å². The van der Waals surface area contributed by atoms with E-state index in [1.807, 2.05) is 0 Å². The van der Waals surface area contributed by atoms with Gasteiger partial charge in [-0.3, -0.25) is 9.59 Å². The number of amides is 2. The van der Waals surface area contributed by atoms with E-state index in [1.54, 1.807) is 12.3 Å². The predicted molar refractivity (Wildman–Crippen MR) is 70.0 cm³/mol. The number of methoxy groups -OCH3 is 1. The Morgan fingerprint density at radius 3 is 2.74 bits per heavy atom. The van der Waals surface area contributed by atoms with E-state index in [0.717, 1.165) is 5.56 Å². The molecule has 19 heavy (non-hydrogen) atoms.